The number of benzene rings is 3. The molecule has 31 heavy (non-hydrogen) atoms. The highest BCUT2D eigenvalue weighted by atomic mass is 35.5. The van der Waals surface area contributed by atoms with Gasteiger partial charge in [-0.15, -0.1) is 11.3 Å². The van der Waals surface area contributed by atoms with Crippen LogP contribution in [0.25, 0.3) is 26.9 Å². The Morgan fingerprint density at radius 2 is 1.94 bits per heavy atom. The van der Waals surface area contributed by atoms with Crippen LogP contribution >= 0.6 is 34.5 Å². The number of halogens is 2. The minimum Gasteiger partial charge on any atom is -0.495 e. The molecule has 0 saturated carbocycles. The van der Waals surface area contributed by atoms with Crippen molar-refractivity contribution in [1.82, 2.24) is 4.98 Å². The molecule has 1 N–H and O–H groups in total. The van der Waals surface area contributed by atoms with Gasteiger partial charge >= 0.3 is 0 Å². The maximum absolute atomic E-state index is 12.5. The molecule has 4 aromatic rings. The van der Waals surface area contributed by atoms with E-state index in [2.05, 4.69) is 11.4 Å². The first-order valence-corrected chi connectivity index (χ1v) is 11.0. The first-order chi connectivity index (χ1) is 14.9. The first-order valence-electron chi connectivity index (χ1n) is 9.43. The highest BCUT2D eigenvalue weighted by Gasteiger charge is 2.10. The average molecular weight is 469 g/mol. The Morgan fingerprint density at radius 3 is 2.68 bits per heavy atom. The van der Waals surface area contributed by atoms with Gasteiger partial charge in [0.2, 0.25) is 5.91 Å². The number of aryl methyl sites for hydroxylation is 1. The van der Waals surface area contributed by atoms with Gasteiger partial charge in [0, 0.05) is 27.9 Å². The quantitative estimate of drug-likeness (QED) is 0.314. The summed E-state index contributed by atoms with van der Waals surface area (Å²) in [4.78, 5) is 17.2. The topological polar surface area (TPSA) is 51.2 Å². The molecule has 0 radical (unpaired) electrons. The predicted octanol–water partition coefficient (Wildman–Crippen LogP) is 7.24. The van der Waals surface area contributed by atoms with Crippen LogP contribution in [0.4, 0.5) is 5.69 Å². The summed E-state index contributed by atoms with van der Waals surface area (Å²) in [5.74, 6) is 0.195. The number of ether oxygens (including phenoxy) is 1. The molecule has 0 atom stereocenters. The molecule has 0 saturated heterocycles. The smallest absolute Gasteiger partial charge is 0.248 e. The zero-order valence-electron chi connectivity index (χ0n) is 16.8. The zero-order chi connectivity index (χ0) is 22.0. The van der Waals surface area contributed by atoms with Crippen molar-refractivity contribution in [3.8, 4) is 16.3 Å². The number of carbonyl (C=O) groups excluding carboxylic acids is 1. The largest absolute Gasteiger partial charge is 0.495 e. The van der Waals surface area contributed by atoms with Gasteiger partial charge in [0.25, 0.3) is 0 Å². The van der Waals surface area contributed by atoms with Gasteiger partial charge in [-0.05, 0) is 61.0 Å². The lowest BCUT2D eigenvalue weighted by Crippen LogP contribution is -2.09. The van der Waals surface area contributed by atoms with E-state index in [9.17, 15) is 4.79 Å². The number of nitrogens with one attached hydrogen (secondary N) is 1. The third-order valence-electron chi connectivity index (χ3n) is 4.68. The molecule has 0 aliphatic rings. The lowest BCUT2D eigenvalue weighted by Gasteiger charge is -2.09. The number of carbonyl (C=O) groups is 1. The van der Waals surface area contributed by atoms with Crippen molar-refractivity contribution in [3.05, 3.63) is 81.8 Å². The minimum absolute atomic E-state index is 0.269. The van der Waals surface area contributed by atoms with Crippen LogP contribution in [0.2, 0.25) is 10.0 Å². The number of hydrogen-bond donors (Lipinski definition) is 1. The summed E-state index contributed by atoms with van der Waals surface area (Å²) in [5.41, 5.74) is 4.31. The van der Waals surface area contributed by atoms with Crippen molar-refractivity contribution >= 4 is 62.4 Å². The Bertz CT molecular complexity index is 1280. The van der Waals surface area contributed by atoms with Crippen LogP contribution in [0.1, 0.15) is 11.1 Å². The molecule has 0 fully saturated rings. The number of thiazole rings is 1. The number of fused-ring (bicyclic) bond motifs is 1. The number of hydrogen-bond acceptors (Lipinski definition) is 4. The minimum atomic E-state index is -0.269. The number of aromatic nitrogens is 1. The Hall–Kier alpha value is -2.86. The van der Waals surface area contributed by atoms with E-state index in [4.69, 9.17) is 32.9 Å². The second-order valence-corrected chi connectivity index (χ2v) is 8.72. The van der Waals surface area contributed by atoms with E-state index in [-0.39, 0.29) is 5.91 Å². The fourth-order valence-electron chi connectivity index (χ4n) is 3.19. The molecule has 4 nitrogen and oxygen atoms in total. The molecule has 156 valence electrons. The van der Waals surface area contributed by atoms with E-state index < -0.39 is 0 Å². The number of anilines is 1. The lowest BCUT2D eigenvalue weighted by molar-refractivity contribution is -0.111. The molecule has 7 heteroatoms. The van der Waals surface area contributed by atoms with E-state index in [1.807, 2.05) is 43.3 Å². The second kappa shape index (κ2) is 9.10. The van der Waals surface area contributed by atoms with Crippen molar-refractivity contribution in [1.29, 1.82) is 0 Å². The van der Waals surface area contributed by atoms with E-state index in [0.717, 1.165) is 32.0 Å². The van der Waals surface area contributed by atoms with Gasteiger partial charge in [-0.3, -0.25) is 4.79 Å². The molecule has 1 amide bonds. The van der Waals surface area contributed by atoms with Crippen molar-refractivity contribution < 1.29 is 9.53 Å². The predicted molar refractivity (Wildman–Crippen MR) is 130 cm³/mol. The summed E-state index contributed by atoms with van der Waals surface area (Å²) in [6.07, 6.45) is 3.04. The van der Waals surface area contributed by atoms with Crippen molar-refractivity contribution in [2.75, 3.05) is 12.4 Å². The van der Waals surface area contributed by atoms with Gasteiger partial charge in [0.15, 0.2) is 0 Å². The highest BCUT2D eigenvalue weighted by molar-refractivity contribution is 7.21. The van der Waals surface area contributed by atoms with Crippen LogP contribution in [0.5, 0.6) is 5.75 Å². The molecule has 3 aromatic carbocycles. The summed E-state index contributed by atoms with van der Waals surface area (Å²) < 4.78 is 6.45. The highest BCUT2D eigenvalue weighted by Crippen LogP contribution is 2.34. The van der Waals surface area contributed by atoms with Crippen LogP contribution < -0.4 is 10.1 Å². The molecule has 4 rings (SSSR count). The van der Waals surface area contributed by atoms with Gasteiger partial charge in [-0.1, -0.05) is 35.3 Å². The molecule has 0 aliphatic heterocycles. The maximum atomic E-state index is 12.5. The number of nitrogens with zero attached hydrogens (tertiary/aromatic N) is 1. The monoisotopic (exact) mass is 468 g/mol. The van der Waals surface area contributed by atoms with Crippen LogP contribution in [-0.4, -0.2) is 18.0 Å². The first kappa shape index (κ1) is 21.4. The molecule has 0 spiro atoms. The molecule has 0 bridgehead atoms. The third-order valence-corrected chi connectivity index (χ3v) is 6.27. The van der Waals surface area contributed by atoms with Gasteiger partial charge in [0.1, 0.15) is 10.8 Å². The second-order valence-electron chi connectivity index (χ2n) is 6.85. The number of rotatable bonds is 5. The average Bonchev–Trinajstić information content (AvgIpc) is 3.17. The molecule has 0 aliphatic carbocycles. The van der Waals surface area contributed by atoms with E-state index in [1.165, 1.54) is 13.2 Å². The van der Waals surface area contributed by atoms with Crippen LogP contribution in [-0.2, 0) is 4.79 Å². The fraction of sp³-hybridized carbons (Fsp3) is 0.0833. The molecular weight excluding hydrogens is 451 g/mol. The third kappa shape index (κ3) is 4.74. The van der Waals surface area contributed by atoms with Gasteiger partial charge in [-0.2, -0.15) is 0 Å². The van der Waals surface area contributed by atoms with Crippen LogP contribution in [0.15, 0.2) is 60.7 Å². The number of para-hydroxylation sites is 1. The van der Waals surface area contributed by atoms with Crippen molar-refractivity contribution in [2.45, 2.75) is 6.92 Å². The van der Waals surface area contributed by atoms with Gasteiger partial charge in [0.05, 0.1) is 22.3 Å². The van der Waals surface area contributed by atoms with Gasteiger partial charge < -0.3 is 10.1 Å². The standard InChI is InChI=1S/C24H18Cl2N2O2S/c1-14-11-16(24-28-20-5-3-4-6-21(20)31-24)7-9-19(14)27-22(29)10-8-15-12-17(25)13-18(26)23(15)30-2/h3-13H,1-2H3,(H,27,29)/b10-8+. The van der Waals surface area contributed by atoms with E-state index in [0.29, 0.717) is 21.4 Å². The number of amides is 1. The Kier molecular flexibility index (Phi) is 6.28. The van der Waals surface area contributed by atoms with Crippen molar-refractivity contribution in [2.24, 2.45) is 0 Å². The maximum Gasteiger partial charge on any atom is 0.248 e. The summed E-state index contributed by atoms with van der Waals surface area (Å²) in [6.45, 7) is 1.95. The fourth-order valence-corrected chi connectivity index (χ4v) is 4.74. The molecular formula is C24H18Cl2N2O2S. The summed E-state index contributed by atoms with van der Waals surface area (Å²) >= 11 is 13.8. The van der Waals surface area contributed by atoms with E-state index >= 15 is 0 Å². The molecule has 1 aromatic heterocycles. The molecule has 1 heterocycles. The Morgan fingerprint density at radius 1 is 1.13 bits per heavy atom. The Balaban J connectivity index is 1.52. The van der Waals surface area contributed by atoms with E-state index in [1.54, 1.807) is 29.5 Å². The molecule has 0 unspecified atom stereocenters. The summed E-state index contributed by atoms with van der Waals surface area (Å²) in [5, 5.41) is 4.70. The Labute approximate surface area is 194 Å². The van der Waals surface area contributed by atoms with Crippen LogP contribution in [0, 0.1) is 6.92 Å². The normalized spacial score (nSPS) is 11.2. The summed E-state index contributed by atoms with van der Waals surface area (Å²) in [6, 6.07) is 17.2. The summed E-state index contributed by atoms with van der Waals surface area (Å²) in [7, 11) is 1.52. The van der Waals surface area contributed by atoms with Gasteiger partial charge in [-0.25, -0.2) is 4.98 Å². The lowest BCUT2D eigenvalue weighted by atomic mass is 10.1. The SMILES string of the molecule is COc1c(Cl)cc(Cl)cc1/C=C/C(=O)Nc1ccc(-c2nc3ccccc3s2)cc1C. The number of methoxy groups -OCH3 is 1. The van der Waals surface area contributed by atoms with Crippen LogP contribution in [0.3, 0.4) is 0 Å². The zero-order valence-corrected chi connectivity index (χ0v) is 19.1. The van der Waals surface area contributed by atoms with Crippen molar-refractivity contribution in [3.63, 3.8) is 0 Å².